The lowest BCUT2D eigenvalue weighted by Gasteiger charge is -2.61. The Hall–Kier alpha value is -1.32. The van der Waals surface area contributed by atoms with Crippen LogP contribution >= 0.6 is 0 Å². The van der Waals surface area contributed by atoms with Crippen molar-refractivity contribution in [2.24, 2.45) is 35.5 Å². The molecule has 0 aromatic rings. The molecule has 5 atom stereocenters. The van der Waals surface area contributed by atoms with Crippen molar-refractivity contribution in [2.45, 2.75) is 76.0 Å². The molecule has 5 unspecified atom stereocenters. The molecule has 26 heavy (non-hydrogen) atoms. The van der Waals surface area contributed by atoms with E-state index in [9.17, 15) is 9.59 Å². The van der Waals surface area contributed by atoms with Crippen LogP contribution in [-0.2, 0) is 14.3 Å². The minimum Gasteiger partial charge on any atom is -0.457 e. The number of ether oxygens (including phenoxy) is 1. The minimum atomic E-state index is -0.274. The molecule has 0 radical (unpaired) electrons. The van der Waals surface area contributed by atoms with Crippen molar-refractivity contribution in [1.29, 1.82) is 0 Å². The Balaban J connectivity index is 1.37. The van der Waals surface area contributed by atoms with Gasteiger partial charge < -0.3 is 9.64 Å². The first-order valence-electron chi connectivity index (χ1n) is 10.6. The summed E-state index contributed by atoms with van der Waals surface area (Å²) in [5.74, 6) is 3.59. The molecule has 7 aliphatic rings. The molecule has 4 nitrogen and oxygen atoms in total. The van der Waals surface area contributed by atoms with Gasteiger partial charge in [-0.25, -0.2) is 4.79 Å². The van der Waals surface area contributed by atoms with E-state index in [4.69, 9.17) is 4.74 Å². The molecule has 7 rings (SSSR count). The first-order chi connectivity index (χ1) is 12.4. The van der Waals surface area contributed by atoms with Gasteiger partial charge in [-0.05, 0) is 87.9 Å². The fourth-order valence-corrected chi connectivity index (χ4v) is 8.53. The van der Waals surface area contributed by atoms with Gasteiger partial charge in [-0.3, -0.25) is 4.79 Å². The summed E-state index contributed by atoms with van der Waals surface area (Å²) in [5.41, 5.74) is 0.548. The molecule has 0 spiro atoms. The van der Waals surface area contributed by atoms with E-state index in [1.54, 1.807) is 6.92 Å². The number of fused-ring (bicyclic) bond motifs is 1. The smallest absolute Gasteiger partial charge is 0.333 e. The summed E-state index contributed by atoms with van der Waals surface area (Å²) < 4.78 is 5.95. The lowest BCUT2D eigenvalue weighted by atomic mass is 9.52. The van der Waals surface area contributed by atoms with E-state index in [2.05, 4.69) is 11.5 Å². The number of carbonyl (C=O) groups is 2. The first kappa shape index (κ1) is 15.7. The zero-order chi connectivity index (χ0) is 17.8. The summed E-state index contributed by atoms with van der Waals surface area (Å²) in [6, 6.07) is 0.144. The Morgan fingerprint density at radius 3 is 2.27 bits per heavy atom. The van der Waals surface area contributed by atoms with E-state index in [-0.39, 0.29) is 29.6 Å². The van der Waals surface area contributed by atoms with Crippen LogP contribution in [0.3, 0.4) is 0 Å². The summed E-state index contributed by atoms with van der Waals surface area (Å²) in [4.78, 5) is 28.1. The average molecular weight is 355 g/mol. The van der Waals surface area contributed by atoms with Gasteiger partial charge in [0, 0.05) is 17.0 Å². The second kappa shape index (κ2) is 4.94. The van der Waals surface area contributed by atoms with Crippen LogP contribution in [0.4, 0.5) is 0 Å². The van der Waals surface area contributed by atoms with E-state index in [0.29, 0.717) is 23.3 Å². The van der Waals surface area contributed by atoms with Crippen LogP contribution in [0.5, 0.6) is 0 Å². The third kappa shape index (κ3) is 1.86. The number of rotatable bonds is 3. The molecule has 1 heterocycles. The number of likely N-dealkylation sites (tertiary alicyclic amines) is 1. The quantitative estimate of drug-likeness (QED) is 0.576. The molecule has 1 saturated heterocycles. The minimum absolute atomic E-state index is 0.0800. The molecule has 1 amide bonds. The maximum absolute atomic E-state index is 13.5. The van der Waals surface area contributed by atoms with E-state index in [1.807, 2.05) is 0 Å². The van der Waals surface area contributed by atoms with Crippen LogP contribution < -0.4 is 0 Å². The van der Waals surface area contributed by atoms with Gasteiger partial charge in [-0.1, -0.05) is 6.58 Å². The van der Waals surface area contributed by atoms with Crippen molar-refractivity contribution in [3.05, 3.63) is 12.2 Å². The second-order valence-electron chi connectivity index (χ2n) is 10.5. The highest BCUT2D eigenvalue weighted by Gasteiger charge is 2.69. The molecule has 6 aliphatic carbocycles. The van der Waals surface area contributed by atoms with E-state index in [0.717, 1.165) is 30.6 Å². The Labute approximate surface area is 155 Å². The van der Waals surface area contributed by atoms with Crippen molar-refractivity contribution < 1.29 is 14.3 Å². The number of nitrogens with zero attached hydrogens (tertiary/aromatic N) is 1. The standard InChI is InChI=1S/C22H29NO3/c1-11(2)21(25)26-19-15-6-16-17(7-15)20(24)23(18(16)19)22-8-12-3-13(9-22)5-14(4-12)10-22/h12-19H,1,3-10H2,2H3. The van der Waals surface area contributed by atoms with Gasteiger partial charge in [0.1, 0.15) is 6.10 Å². The molecular weight excluding hydrogens is 326 g/mol. The van der Waals surface area contributed by atoms with Crippen molar-refractivity contribution in [1.82, 2.24) is 4.90 Å². The highest BCUT2D eigenvalue weighted by Crippen LogP contribution is 2.64. The molecule has 4 heteroatoms. The molecular formula is C22H29NO3. The van der Waals surface area contributed by atoms with Gasteiger partial charge in [0.15, 0.2) is 0 Å². The molecule has 6 saturated carbocycles. The molecule has 140 valence electrons. The predicted molar refractivity (Wildman–Crippen MR) is 95.9 cm³/mol. The summed E-state index contributed by atoms with van der Waals surface area (Å²) in [5, 5.41) is 0. The zero-order valence-corrected chi connectivity index (χ0v) is 15.7. The monoisotopic (exact) mass is 355 g/mol. The van der Waals surface area contributed by atoms with Crippen LogP contribution in [0.25, 0.3) is 0 Å². The maximum atomic E-state index is 13.5. The first-order valence-corrected chi connectivity index (χ1v) is 10.6. The molecule has 0 aromatic heterocycles. The van der Waals surface area contributed by atoms with Crippen LogP contribution in [0.15, 0.2) is 12.2 Å². The van der Waals surface area contributed by atoms with Crippen molar-refractivity contribution in [3.8, 4) is 0 Å². The molecule has 0 N–H and O–H groups in total. The number of carbonyl (C=O) groups excluding carboxylic acids is 2. The molecule has 1 aliphatic heterocycles. The lowest BCUT2D eigenvalue weighted by Crippen LogP contribution is -2.64. The summed E-state index contributed by atoms with van der Waals surface area (Å²) in [7, 11) is 0. The van der Waals surface area contributed by atoms with Crippen LogP contribution in [0.2, 0.25) is 0 Å². The largest absolute Gasteiger partial charge is 0.457 e. The summed E-state index contributed by atoms with van der Waals surface area (Å²) >= 11 is 0. The van der Waals surface area contributed by atoms with Crippen molar-refractivity contribution >= 4 is 11.9 Å². The van der Waals surface area contributed by atoms with Gasteiger partial charge in [-0.15, -0.1) is 0 Å². The van der Waals surface area contributed by atoms with Gasteiger partial charge in [0.2, 0.25) is 5.91 Å². The normalized spacial score (nSPS) is 52.8. The fraction of sp³-hybridized carbons (Fsp3) is 0.818. The Bertz CT molecular complexity index is 677. The SMILES string of the molecule is C=C(C)C(=O)OC1C2CC3C(=O)N(C45CC6CC(CC(C6)C4)C5)C1C3C2. The Morgan fingerprint density at radius 2 is 1.69 bits per heavy atom. The Morgan fingerprint density at radius 1 is 1.08 bits per heavy atom. The van der Waals surface area contributed by atoms with Crippen molar-refractivity contribution in [3.63, 3.8) is 0 Å². The van der Waals surface area contributed by atoms with Gasteiger partial charge in [0.25, 0.3) is 0 Å². The maximum Gasteiger partial charge on any atom is 0.333 e. The fourth-order valence-electron chi connectivity index (χ4n) is 8.53. The lowest BCUT2D eigenvalue weighted by molar-refractivity contribution is -0.163. The molecule has 7 fully saturated rings. The number of hydrogen-bond acceptors (Lipinski definition) is 3. The number of hydrogen-bond donors (Lipinski definition) is 0. The van der Waals surface area contributed by atoms with E-state index >= 15 is 0 Å². The van der Waals surface area contributed by atoms with Gasteiger partial charge in [-0.2, -0.15) is 0 Å². The topological polar surface area (TPSA) is 46.6 Å². The van der Waals surface area contributed by atoms with E-state index in [1.165, 1.54) is 38.5 Å². The van der Waals surface area contributed by atoms with Crippen molar-refractivity contribution in [2.75, 3.05) is 0 Å². The van der Waals surface area contributed by atoms with Crippen LogP contribution in [0.1, 0.15) is 58.3 Å². The van der Waals surface area contributed by atoms with Crippen LogP contribution in [0, 0.1) is 35.5 Å². The highest BCUT2D eigenvalue weighted by atomic mass is 16.5. The summed E-state index contributed by atoms with van der Waals surface area (Å²) in [6.45, 7) is 5.47. The second-order valence-corrected chi connectivity index (χ2v) is 10.5. The number of amides is 1. The van der Waals surface area contributed by atoms with E-state index < -0.39 is 0 Å². The van der Waals surface area contributed by atoms with Gasteiger partial charge in [0.05, 0.1) is 6.04 Å². The van der Waals surface area contributed by atoms with Crippen LogP contribution in [-0.4, -0.2) is 34.5 Å². The Kier molecular flexibility index (Phi) is 2.98. The third-order valence-electron chi connectivity index (χ3n) is 8.85. The molecule has 6 bridgehead atoms. The predicted octanol–water partition coefficient (Wildman–Crippen LogP) is 3.31. The third-order valence-corrected chi connectivity index (χ3v) is 8.85. The number of esters is 1. The highest BCUT2D eigenvalue weighted by molar-refractivity contribution is 5.88. The average Bonchev–Trinajstić information content (AvgIpc) is 3.17. The summed E-state index contributed by atoms with van der Waals surface area (Å²) in [6.07, 6.45) is 9.65. The molecule has 0 aromatic carbocycles. The zero-order valence-electron chi connectivity index (χ0n) is 15.7. The van der Waals surface area contributed by atoms with Gasteiger partial charge >= 0.3 is 5.97 Å².